The maximum Gasteiger partial charge on any atom is 0.163 e. The fourth-order valence-corrected chi connectivity index (χ4v) is 5.17. The maximum absolute atomic E-state index is 15.9. The number of nitrogens with one attached hydrogen (secondary N) is 2. The molecule has 0 bridgehead atoms. The Morgan fingerprint density at radius 1 is 1.20 bits per heavy atom. The third-order valence-electron chi connectivity index (χ3n) is 7.11. The largest absolute Gasteiger partial charge is 0.381 e. The van der Waals surface area contributed by atoms with E-state index in [-0.39, 0.29) is 30.2 Å². The number of hydrogen-bond donors (Lipinski definition) is 2. The van der Waals surface area contributed by atoms with Crippen LogP contribution in [0.15, 0.2) is 48.7 Å². The van der Waals surface area contributed by atoms with Crippen molar-refractivity contribution in [2.24, 2.45) is 0 Å². The molecule has 0 unspecified atom stereocenters. The number of hydrogen-bond acceptors (Lipinski definition) is 5. The van der Waals surface area contributed by atoms with Crippen molar-refractivity contribution in [1.29, 1.82) is 0 Å². The van der Waals surface area contributed by atoms with Crippen molar-refractivity contribution in [3.8, 4) is 0 Å². The molecule has 0 spiro atoms. The highest BCUT2D eigenvalue weighted by Crippen LogP contribution is 2.40. The lowest BCUT2D eigenvalue weighted by Gasteiger charge is -2.30. The van der Waals surface area contributed by atoms with Gasteiger partial charge in [-0.25, -0.2) is 13.8 Å². The summed E-state index contributed by atoms with van der Waals surface area (Å²) in [7, 11) is 0. The Balaban J connectivity index is 1.40. The van der Waals surface area contributed by atoms with Gasteiger partial charge in [-0.1, -0.05) is 29.8 Å². The topological polar surface area (TPSA) is 63.2 Å². The van der Waals surface area contributed by atoms with Crippen molar-refractivity contribution < 1.29 is 18.3 Å². The molecule has 2 N–H and O–H groups in total. The molecule has 2 atom stereocenters. The Morgan fingerprint density at radius 3 is 2.77 bits per heavy atom. The van der Waals surface area contributed by atoms with E-state index in [2.05, 4.69) is 15.6 Å². The number of rotatable bonds is 7. The minimum Gasteiger partial charge on any atom is -0.381 e. The summed E-state index contributed by atoms with van der Waals surface area (Å²) in [6, 6.07) is 12.0. The summed E-state index contributed by atoms with van der Waals surface area (Å²) in [5, 5.41) is 8.26. The number of carbonyl (C=O) groups is 1. The number of halogens is 3. The van der Waals surface area contributed by atoms with Gasteiger partial charge in [0, 0.05) is 55.3 Å². The second-order valence-electron chi connectivity index (χ2n) is 9.48. The zero-order valence-corrected chi connectivity index (χ0v) is 20.1. The van der Waals surface area contributed by atoms with E-state index in [9.17, 15) is 9.18 Å². The first-order valence-corrected chi connectivity index (χ1v) is 12.4. The average Bonchev–Trinajstić information content (AvgIpc) is 3.31. The molecular formula is C27H28ClF2N3O2. The van der Waals surface area contributed by atoms with Gasteiger partial charge < -0.3 is 15.4 Å². The molecule has 0 radical (unpaired) electrons. The van der Waals surface area contributed by atoms with E-state index >= 15 is 4.39 Å². The van der Waals surface area contributed by atoms with E-state index in [4.69, 9.17) is 16.3 Å². The van der Waals surface area contributed by atoms with Gasteiger partial charge in [-0.15, -0.1) is 0 Å². The average molecular weight is 500 g/mol. The first-order chi connectivity index (χ1) is 16.9. The standard InChI is InChI=1S/C27H28ClF2N3O2/c28-23-4-3-17(12-24(23)29)22(27(30)7-8-31-16-27)14-25(34)18-1-2-19-15-32-26(13-20(19)11-18)33-21-5-9-35-10-6-21/h1-4,11-13,15,21-22,31H,5-10,14,16H2,(H,32,33)/t22-,27+/m1/s1. The number of anilines is 1. The van der Waals surface area contributed by atoms with Crippen LogP contribution in [0.1, 0.15) is 47.5 Å². The molecular weight excluding hydrogens is 472 g/mol. The molecule has 0 aliphatic carbocycles. The lowest BCUT2D eigenvalue weighted by Crippen LogP contribution is -2.35. The van der Waals surface area contributed by atoms with Crippen molar-refractivity contribution in [2.75, 3.05) is 31.6 Å². The molecule has 0 saturated carbocycles. The second kappa shape index (κ2) is 10.2. The number of fused-ring (bicyclic) bond motifs is 1. The highest BCUT2D eigenvalue weighted by atomic mass is 35.5. The Labute approximate surface area is 208 Å². The summed E-state index contributed by atoms with van der Waals surface area (Å²) in [4.78, 5) is 17.9. The molecule has 5 rings (SSSR count). The summed E-state index contributed by atoms with van der Waals surface area (Å²) < 4.78 is 35.5. The van der Waals surface area contributed by atoms with Gasteiger partial charge in [0.1, 0.15) is 17.3 Å². The van der Waals surface area contributed by atoms with Gasteiger partial charge in [0.15, 0.2) is 5.78 Å². The number of benzene rings is 2. The van der Waals surface area contributed by atoms with Gasteiger partial charge >= 0.3 is 0 Å². The Hall–Kier alpha value is -2.61. The number of alkyl halides is 1. The molecule has 8 heteroatoms. The number of Topliss-reactive ketones (excluding diaryl/α,β-unsaturated/α-hetero) is 1. The predicted octanol–water partition coefficient (Wildman–Crippen LogP) is 5.68. The molecule has 2 aliphatic heterocycles. The second-order valence-corrected chi connectivity index (χ2v) is 9.88. The van der Waals surface area contributed by atoms with Gasteiger partial charge in [0.05, 0.1) is 5.02 Å². The smallest absolute Gasteiger partial charge is 0.163 e. The predicted molar refractivity (Wildman–Crippen MR) is 134 cm³/mol. The molecule has 5 nitrogen and oxygen atoms in total. The van der Waals surface area contributed by atoms with Gasteiger partial charge in [-0.05, 0) is 61.0 Å². The van der Waals surface area contributed by atoms with Crippen LogP contribution in [-0.4, -0.2) is 48.8 Å². The van der Waals surface area contributed by atoms with Crippen LogP contribution < -0.4 is 10.6 Å². The zero-order chi connectivity index (χ0) is 24.4. The summed E-state index contributed by atoms with van der Waals surface area (Å²) in [6.07, 6.45) is 3.82. The lowest BCUT2D eigenvalue weighted by atomic mass is 9.78. The highest BCUT2D eigenvalue weighted by molar-refractivity contribution is 6.30. The van der Waals surface area contributed by atoms with E-state index in [1.54, 1.807) is 18.3 Å². The molecule has 0 amide bonds. The van der Waals surface area contributed by atoms with Crippen LogP contribution in [-0.2, 0) is 4.74 Å². The van der Waals surface area contributed by atoms with Crippen LogP contribution in [0.3, 0.4) is 0 Å². The van der Waals surface area contributed by atoms with Crippen molar-refractivity contribution in [2.45, 2.75) is 43.3 Å². The first kappa shape index (κ1) is 24.1. The Bertz CT molecular complexity index is 1230. The SMILES string of the molecule is O=C(C[C@H](c1ccc(Cl)c(F)c1)[C@]1(F)CCNC1)c1ccc2cnc(NC3CCOCC3)cc2c1. The fraction of sp³-hybridized carbons (Fsp3) is 0.407. The van der Waals surface area contributed by atoms with E-state index in [1.807, 2.05) is 18.2 Å². The summed E-state index contributed by atoms with van der Waals surface area (Å²) >= 11 is 5.85. The molecule has 3 aromatic rings. The fourth-order valence-electron chi connectivity index (χ4n) is 5.05. The minimum atomic E-state index is -1.64. The van der Waals surface area contributed by atoms with Crippen molar-refractivity contribution in [3.63, 3.8) is 0 Å². The minimum absolute atomic E-state index is 0.0235. The molecule has 2 saturated heterocycles. The number of aromatic nitrogens is 1. The Kier molecular flexibility index (Phi) is 7.00. The van der Waals surface area contributed by atoms with Crippen LogP contribution in [0.25, 0.3) is 10.8 Å². The van der Waals surface area contributed by atoms with Crippen molar-refractivity contribution in [1.82, 2.24) is 10.3 Å². The molecule has 2 aromatic carbocycles. The Morgan fingerprint density at radius 2 is 2.03 bits per heavy atom. The van der Waals surface area contributed by atoms with Gasteiger partial charge in [-0.3, -0.25) is 4.79 Å². The van der Waals surface area contributed by atoms with Crippen LogP contribution in [0, 0.1) is 5.82 Å². The summed E-state index contributed by atoms with van der Waals surface area (Å²) in [6.45, 7) is 2.10. The molecule has 35 heavy (non-hydrogen) atoms. The number of pyridine rings is 1. The van der Waals surface area contributed by atoms with E-state index in [1.165, 1.54) is 12.1 Å². The highest BCUT2D eigenvalue weighted by Gasteiger charge is 2.43. The third-order valence-corrected chi connectivity index (χ3v) is 7.42. The van der Waals surface area contributed by atoms with Gasteiger partial charge in [-0.2, -0.15) is 0 Å². The quantitative estimate of drug-likeness (QED) is 0.410. The van der Waals surface area contributed by atoms with Crippen molar-refractivity contribution in [3.05, 3.63) is 70.6 Å². The number of ketones is 1. The monoisotopic (exact) mass is 499 g/mol. The van der Waals surface area contributed by atoms with Crippen LogP contribution in [0.4, 0.5) is 14.6 Å². The van der Waals surface area contributed by atoms with Crippen LogP contribution >= 0.6 is 11.6 Å². The van der Waals surface area contributed by atoms with Gasteiger partial charge in [0.25, 0.3) is 0 Å². The third kappa shape index (κ3) is 5.32. The van der Waals surface area contributed by atoms with E-state index < -0.39 is 17.4 Å². The molecule has 3 heterocycles. The van der Waals surface area contributed by atoms with E-state index in [0.717, 1.165) is 42.6 Å². The first-order valence-electron chi connectivity index (χ1n) is 12.0. The normalized spacial score (nSPS) is 21.8. The summed E-state index contributed by atoms with van der Waals surface area (Å²) in [5.74, 6) is -0.829. The number of ether oxygens (including phenoxy) is 1. The molecule has 1 aromatic heterocycles. The van der Waals surface area contributed by atoms with Gasteiger partial charge in [0.2, 0.25) is 0 Å². The van der Waals surface area contributed by atoms with Crippen molar-refractivity contribution >= 4 is 34.0 Å². The number of carbonyl (C=O) groups excluding carboxylic acids is 1. The zero-order valence-electron chi connectivity index (χ0n) is 19.3. The number of nitrogens with zero attached hydrogens (tertiary/aromatic N) is 1. The van der Waals surface area contributed by atoms with E-state index in [0.29, 0.717) is 23.7 Å². The molecule has 2 aliphatic rings. The molecule has 2 fully saturated rings. The summed E-state index contributed by atoms with van der Waals surface area (Å²) in [5.41, 5.74) is -0.702. The van der Waals surface area contributed by atoms with Crippen LogP contribution in [0.5, 0.6) is 0 Å². The maximum atomic E-state index is 15.9. The van der Waals surface area contributed by atoms with Crippen LogP contribution in [0.2, 0.25) is 5.02 Å². The molecule has 184 valence electrons. The lowest BCUT2D eigenvalue weighted by molar-refractivity contribution is 0.0891.